The van der Waals surface area contributed by atoms with Crippen LogP contribution in [0.25, 0.3) is 0 Å². The topological polar surface area (TPSA) is 35.5 Å². The van der Waals surface area contributed by atoms with Crippen LogP contribution in [0, 0.1) is 5.92 Å². The summed E-state index contributed by atoms with van der Waals surface area (Å²) in [6.07, 6.45) is 11.9. The Balaban J connectivity index is 1.63. The van der Waals surface area contributed by atoms with E-state index in [2.05, 4.69) is 63.5 Å². The number of hydrogen-bond donors (Lipinski definition) is 0. The van der Waals surface area contributed by atoms with E-state index in [9.17, 15) is 4.79 Å². The van der Waals surface area contributed by atoms with Gasteiger partial charge in [0.05, 0.1) is 39.3 Å². The number of aryl methyl sites for hydroxylation is 1. The Labute approximate surface area is 227 Å². The second-order valence-corrected chi connectivity index (χ2v) is 11.4. The molecule has 0 spiro atoms. The van der Waals surface area contributed by atoms with Crippen molar-refractivity contribution in [3.8, 4) is 5.75 Å². The fourth-order valence-electron chi connectivity index (χ4n) is 4.64. The van der Waals surface area contributed by atoms with Crippen molar-refractivity contribution >= 4 is 5.97 Å². The third-order valence-corrected chi connectivity index (χ3v) is 7.10. The van der Waals surface area contributed by atoms with E-state index in [4.69, 9.17) is 9.47 Å². The minimum Gasteiger partial charge on any atom is -0.491 e. The van der Waals surface area contributed by atoms with Gasteiger partial charge in [0.1, 0.15) is 12.3 Å². The standard InChI is InChI=1S/C33H52NO3/c1-6-7-8-9-10-11-13-17-30-20-16-21-32(26-30)37-29(3)23-25-36-33(35)28(2)22-24-34(4,5)27-31-18-14-12-15-19-31/h12,14-16,18-21,26,28-29H,6-11,13,17,22-25,27H2,1-5H3/q+1. The van der Waals surface area contributed by atoms with E-state index in [0.29, 0.717) is 13.0 Å². The number of hydrogen-bond acceptors (Lipinski definition) is 3. The van der Waals surface area contributed by atoms with Crippen LogP contribution in [0.5, 0.6) is 5.75 Å². The minimum absolute atomic E-state index is 0.00149. The van der Waals surface area contributed by atoms with Crippen molar-refractivity contribution < 1.29 is 18.8 Å². The fraction of sp³-hybridized carbons (Fsp3) is 0.606. The van der Waals surface area contributed by atoms with Gasteiger partial charge >= 0.3 is 5.97 Å². The summed E-state index contributed by atoms with van der Waals surface area (Å²) in [4.78, 5) is 12.5. The van der Waals surface area contributed by atoms with Crippen molar-refractivity contribution in [3.05, 3.63) is 65.7 Å². The van der Waals surface area contributed by atoms with Crippen LogP contribution in [0.4, 0.5) is 0 Å². The molecule has 0 N–H and O–H groups in total. The van der Waals surface area contributed by atoms with Gasteiger partial charge < -0.3 is 14.0 Å². The smallest absolute Gasteiger partial charge is 0.308 e. The lowest BCUT2D eigenvalue weighted by atomic mass is 10.0. The highest BCUT2D eigenvalue weighted by atomic mass is 16.5. The number of unbranched alkanes of at least 4 members (excludes halogenated alkanes) is 6. The maximum Gasteiger partial charge on any atom is 0.308 e. The van der Waals surface area contributed by atoms with Gasteiger partial charge in [-0.25, -0.2) is 0 Å². The number of esters is 1. The average Bonchev–Trinajstić information content (AvgIpc) is 2.87. The molecule has 37 heavy (non-hydrogen) atoms. The molecule has 2 aromatic carbocycles. The van der Waals surface area contributed by atoms with Crippen LogP contribution in [0.2, 0.25) is 0 Å². The van der Waals surface area contributed by atoms with Gasteiger partial charge in [-0.3, -0.25) is 4.79 Å². The fourth-order valence-corrected chi connectivity index (χ4v) is 4.64. The summed E-state index contributed by atoms with van der Waals surface area (Å²) < 4.78 is 12.6. The summed E-state index contributed by atoms with van der Waals surface area (Å²) in [6.45, 7) is 8.56. The molecule has 4 nitrogen and oxygen atoms in total. The molecule has 206 valence electrons. The summed E-state index contributed by atoms with van der Waals surface area (Å²) in [5.41, 5.74) is 2.66. The molecule has 0 bridgehead atoms. The Morgan fingerprint density at radius 2 is 1.51 bits per heavy atom. The predicted octanol–water partition coefficient (Wildman–Crippen LogP) is 7.98. The van der Waals surface area contributed by atoms with E-state index in [1.807, 2.05) is 26.0 Å². The summed E-state index contributed by atoms with van der Waals surface area (Å²) in [7, 11) is 4.43. The van der Waals surface area contributed by atoms with Gasteiger partial charge in [-0.05, 0) is 37.5 Å². The highest BCUT2D eigenvalue weighted by molar-refractivity contribution is 5.71. The lowest BCUT2D eigenvalue weighted by Gasteiger charge is -2.30. The predicted molar refractivity (Wildman–Crippen MR) is 155 cm³/mol. The van der Waals surface area contributed by atoms with Crippen molar-refractivity contribution in [1.82, 2.24) is 0 Å². The van der Waals surface area contributed by atoms with E-state index in [0.717, 1.165) is 36.2 Å². The third kappa shape index (κ3) is 13.7. The Kier molecular flexibility index (Phi) is 14.4. The van der Waals surface area contributed by atoms with Gasteiger partial charge in [0.25, 0.3) is 0 Å². The highest BCUT2D eigenvalue weighted by Gasteiger charge is 2.22. The maximum atomic E-state index is 12.5. The van der Waals surface area contributed by atoms with Crippen molar-refractivity contribution in [3.63, 3.8) is 0 Å². The van der Waals surface area contributed by atoms with E-state index >= 15 is 0 Å². The average molecular weight is 511 g/mol. The molecule has 0 aliphatic heterocycles. The first-order chi connectivity index (χ1) is 17.8. The summed E-state index contributed by atoms with van der Waals surface area (Å²) in [6, 6.07) is 19.0. The first-order valence-corrected chi connectivity index (χ1v) is 14.6. The lowest BCUT2D eigenvalue weighted by Crippen LogP contribution is -2.40. The monoisotopic (exact) mass is 510 g/mol. The van der Waals surface area contributed by atoms with Crippen LogP contribution in [0.15, 0.2) is 54.6 Å². The molecular weight excluding hydrogens is 458 g/mol. The molecule has 0 aromatic heterocycles. The van der Waals surface area contributed by atoms with Crippen LogP contribution in [-0.2, 0) is 22.5 Å². The van der Waals surface area contributed by atoms with E-state index in [1.165, 1.54) is 56.1 Å². The molecule has 0 radical (unpaired) electrons. The molecule has 0 heterocycles. The van der Waals surface area contributed by atoms with Crippen LogP contribution in [-0.4, -0.2) is 43.8 Å². The number of quaternary nitrogens is 1. The molecule has 2 unspecified atom stereocenters. The van der Waals surface area contributed by atoms with E-state index < -0.39 is 0 Å². The zero-order valence-electron chi connectivity index (χ0n) is 24.2. The SMILES string of the molecule is CCCCCCCCCc1cccc(OC(C)CCOC(=O)C(C)CC[N+](C)(C)Cc2ccccc2)c1. The summed E-state index contributed by atoms with van der Waals surface area (Å²) in [5, 5.41) is 0. The van der Waals surface area contributed by atoms with Crippen LogP contribution >= 0.6 is 0 Å². The summed E-state index contributed by atoms with van der Waals surface area (Å²) >= 11 is 0. The van der Waals surface area contributed by atoms with Crippen LogP contribution < -0.4 is 4.74 Å². The molecule has 0 saturated carbocycles. The first-order valence-electron chi connectivity index (χ1n) is 14.6. The number of nitrogens with zero attached hydrogens (tertiary/aromatic N) is 1. The Morgan fingerprint density at radius 3 is 2.24 bits per heavy atom. The number of rotatable bonds is 19. The van der Waals surface area contributed by atoms with Gasteiger partial charge in [-0.15, -0.1) is 0 Å². The van der Waals surface area contributed by atoms with Crippen molar-refractivity contribution in [2.45, 2.75) is 97.6 Å². The van der Waals surface area contributed by atoms with Crippen LogP contribution in [0.3, 0.4) is 0 Å². The molecule has 0 saturated heterocycles. The zero-order chi connectivity index (χ0) is 26.9. The van der Waals surface area contributed by atoms with Crippen molar-refractivity contribution in [2.24, 2.45) is 5.92 Å². The highest BCUT2D eigenvalue weighted by Crippen LogP contribution is 2.19. The van der Waals surface area contributed by atoms with E-state index in [-0.39, 0.29) is 18.0 Å². The molecule has 0 amide bonds. The first kappa shape index (κ1) is 30.9. The van der Waals surface area contributed by atoms with Gasteiger partial charge in [-0.2, -0.15) is 0 Å². The van der Waals surface area contributed by atoms with Gasteiger partial charge in [0, 0.05) is 18.4 Å². The molecule has 2 rings (SSSR count). The lowest BCUT2D eigenvalue weighted by molar-refractivity contribution is -0.904. The van der Waals surface area contributed by atoms with Crippen molar-refractivity contribution in [2.75, 3.05) is 27.2 Å². The Hall–Kier alpha value is -2.33. The minimum atomic E-state index is -0.108. The summed E-state index contributed by atoms with van der Waals surface area (Å²) in [5.74, 6) is 0.697. The molecule has 0 aliphatic carbocycles. The van der Waals surface area contributed by atoms with Crippen LogP contribution in [0.1, 0.15) is 89.7 Å². The number of carbonyl (C=O) groups excluding carboxylic acids is 1. The normalized spacial score (nSPS) is 13.2. The second-order valence-electron chi connectivity index (χ2n) is 11.4. The quantitative estimate of drug-likeness (QED) is 0.109. The molecular formula is C33H52NO3+. The Bertz CT molecular complexity index is 880. The van der Waals surface area contributed by atoms with Gasteiger partial charge in [0.2, 0.25) is 0 Å². The molecule has 4 heteroatoms. The molecule has 2 atom stereocenters. The third-order valence-electron chi connectivity index (χ3n) is 7.10. The maximum absolute atomic E-state index is 12.5. The van der Waals surface area contributed by atoms with Crippen molar-refractivity contribution in [1.29, 1.82) is 0 Å². The number of ether oxygens (including phenoxy) is 2. The number of carbonyl (C=O) groups is 1. The Morgan fingerprint density at radius 1 is 0.838 bits per heavy atom. The molecule has 0 fully saturated rings. The molecule has 2 aromatic rings. The van der Waals surface area contributed by atoms with Gasteiger partial charge in [-0.1, -0.05) is 94.8 Å². The largest absolute Gasteiger partial charge is 0.491 e. The zero-order valence-corrected chi connectivity index (χ0v) is 24.2. The second kappa shape index (κ2) is 17.2. The van der Waals surface area contributed by atoms with Gasteiger partial charge in [0.15, 0.2) is 0 Å². The van der Waals surface area contributed by atoms with E-state index in [1.54, 1.807) is 0 Å². The molecule has 0 aliphatic rings. The number of benzene rings is 2.